The summed E-state index contributed by atoms with van der Waals surface area (Å²) < 4.78 is 6.24. The Morgan fingerprint density at radius 3 is 2.43 bits per heavy atom. The summed E-state index contributed by atoms with van der Waals surface area (Å²) >= 11 is 6.14. The van der Waals surface area contributed by atoms with Crippen molar-refractivity contribution in [2.75, 3.05) is 0 Å². The van der Waals surface area contributed by atoms with Gasteiger partial charge in [0.25, 0.3) is 5.91 Å². The Balaban J connectivity index is 1.76. The minimum absolute atomic E-state index is 0.0724. The highest BCUT2D eigenvalue weighted by Crippen LogP contribution is 2.55. The maximum atomic E-state index is 12.7. The molecule has 146 valence electrons. The molecule has 0 atom stereocenters. The number of carbonyl (C=O) groups is 1. The van der Waals surface area contributed by atoms with Crippen molar-refractivity contribution >= 4 is 23.2 Å². The van der Waals surface area contributed by atoms with E-state index in [1.807, 2.05) is 13.0 Å². The third-order valence-electron chi connectivity index (χ3n) is 5.58. The van der Waals surface area contributed by atoms with Gasteiger partial charge in [-0.05, 0) is 31.2 Å². The van der Waals surface area contributed by atoms with Gasteiger partial charge in [-0.2, -0.15) is 0 Å². The topological polar surface area (TPSA) is 55.6 Å². The van der Waals surface area contributed by atoms with Gasteiger partial charge in [0.2, 0.25) is 5.69 Å². The van der Waals surface area contributed by atoms with Crippen LogP contribution in [0.4, 0.5) is 5.69 Å². The zero-order valence-corrected chi connectivity index (χ0v) is 17.5. The Morgan fingerprint density at radius 1 is 1.21 bits per heavy atom. The molecule has 0 aliphatic heterocycles. The third kappa shape index (κ3) is 3.45. The number of pyridine rings is 1. The van der Waals surface area contributed by atoms with Gasteiger partial charge in [-0.1, -0.05) is 45.4 Å². The van der Waals surface area contributed by atoms with Crippen LogP contribution in [0.25, 0.3) is 4.85 Å². The molecule has 0 spiro atoms. The average Bonchev–Trinajstić information content (AvgIpc) is 2.64. The first-order chi connectivity index (χ1) is 13.1. The number of hydrogen-bond acceptors (Lipinski definition) is 3. The lowest BCUT2D eigenvalue weighted by Crippen LogP contribution is -2.74. The minimum Gasteiger partial charge on any atom is -0.489 e. The van der Waals surface area contributed by atoms with Gasteiger partial charge in [-0.3, -0.25) is 9.78 Å². The smallest absolute Gasteiger partial charge is 0.253 e. The second kappa shape index (κ2) is 7.10. The summed E-state index contributed by atoms with van der Waals surface area (Å²) in [6.45, 7) is 17.3. The fraction of sp³-hybridized carbons (Fsp3) is 0.409. The summed E-state index contributed by atoms with van der Waals surface area (Å²) in [6.07, 6.45) is 1.47. The first kappa shape index (κ1) is 20.2. The molecule has 6 heteroatoms. The van der Waals surface area contributed by atoms with Crippen molar-refractivity contribution in [3.8, 4) is 5.75 Å². The average molecular weight is 398 g/mol. The highest BCUT2D eigenvalue weighted by Gasteiger charge is 2.64. The molecule has 1 saturated carbocycles. The molecule has 1 fully saturated rings. The number of rotatable bonds is 4. The number of benzene rings is 1. The lowest BCUT2D eigenvalue weighted by Gasteiger charge is -2.63. The zero-order chi connectivity index (χ0) is 20.7. The quantitative estimate of drug-likeness (QED) is 0.721. The molecular formula is C22H24ClN3O2. The van der Waals surface area contributed by atoms with E-state index in [0.717, 1.165) is 5.69 Å². The van der Waals surface area contributed by atoms with E-state index in [1.54, 1.807) is 30.5 Å². The number of nitrogens with one attached hydrogen (secondary N) is 1. The van der Waals surface area contributed by atoms with E-state index in [4.69, 9.17) is 22.9 Å². The van der Waals surface area contributed by atoms with E-state index in [9.17, 15) is 4.79 Å². The fourth-order valence-electron chi connectivity index (χ4n) is 4.40. The Kier molecular flexibility index (Phi) is 5.12. The molecule has 2 aromatic rings. The molecule has 3 rings (SSSR count). The molecular weight excluding hydrogens is 374 g/mol. The van der Waals surface area contributed by atoms with Gasteiger partial charge in [-0.15, -0.1) is 0 Å². The van der Waals surface area contributed by atoms with E-state index < -0.39 is 0 Å². The van der Waals surface area contributed by atoms with Crippen molar-refractivity contribution in [1.29, 1.82) is 0 Å². The lowest BCUT2D eigenvalue weighted by molar-refractivity contribution is -0.164. The number of hydrogen-bond donors (Lipinski definition) is 1. The predicted molar refractivity (Wildman–Crippen MR) is 110 cm³/mol. The fourth-order valence-corrected chi connectivity index (χ4v) is 4.62. The number of aryl methyl sites for hydroxylation is 1. The van der Waals surface area contributed by atoms with Crippen molar-refractivity contribution in [1.82, 2.24) is 10.3 Å². The monoisotopic (exact) mass is 397 g/mol. The van der Waals surface area contributed by atoms with Crippen LogP contribution in [0, 0.1) is 24.3 Å². The molecule has 5 nitrogen and oxygen atoms in total. The van der Waals surface area contributed by atoms with Crippen LogP contribution in [-0.4, -0.2) is 23.0 Å². The van der Waals surface area contributed by atoms with E-state index in [1.165, 1.54) is 0 Å². The molecule has 1 heterocycles. The standard InChI is InChI=1S/C22H24ClN3O2/c1-13-7-8-14(12-25-13)18(27)26-19-21(2,3)20(22(19,4)5)28-15-9-10-17(24-6)16(23)11-15/h7-12,19-20H,1-5H3,(H,26,27). The van der Waals surface area contributed by atoms with Gasteiger partial charge in [0, 0.05) is 28.8 Å². The third-order valence-corrected chi connectivity index (χ3v) is 5.88. The molecule has 0 unspecified atom stereocenters. The second-order valence-corrected chi connectivity index (χ2v) is 8.87. The van der Waals surface area contributed by atoms with Gasteiger partial charge in [0.1, 0.15) is 11.9 Å². The van der Waals surface area contributed by atoms with Crippen LogP contribution < -0.4 is 10.1 Å². The highest BCUT2D eigenvalue weighted by atomic mass is 35.5. The van der Waals surface area contributed by atoms with E-state index in [0.29, 0.717) is 22.0 Å². The van der Waals surface area contributed by atoms with Crippen molar-refractivity contribution in [2.24, 2.45) is 10.8 Å². The normalized spacial score (nSPS) is 21.9. The second-order valence-electron chi connectivity index (χ2n) is 8.46. The minimum atomic E-state index is -0.289. The molecule has 1 amide bonds. The van der Waals surface area contributed by atoms with Gasteiger partial charge in [0.05, 0.1) is 17.2 Å². The predicted octanol–water partition coefficient (Wildman–Crippen LogP) is 5.21. The summed E-state index contributed by atoms with van der Waals surface area (Å²) in [5.41, 5.74) is 1.24. The summed E-state index contributed by atoms with van der Waals surface area (Å²) in [5, 5.41) is 3.53. The van der Waals surface area contributed by atoms with Crippen molar-refractivity contribution in [3.05, 3.63) is 64.2 Å². The Morgan fingerprint density at radius 2 is 1.89 bits per heavy atom. The van der Waals surface area contributed by atoms with Crippen LogP contribution in [0.2, 0.25) is 5.02 Å². The maximum Gasteiger partial charge on any atom is 0.253 e. The number of carbonyl (C=O) groups excluding carboxylic acids is 1. The maximum absolute atomic E-state index is 12.7. The summed E-state index contributed by atoms with van der Waals surface area (Å²) in [7, 11) is 0. The number of aromatic nitrogens is 1. The van der Waals surface area contributed by atoms with E-state index >= 15 is 0 Å². The van der Waals surface area contributed by atoms with Gasteiger partial charge in [-0.25, -0.2) is 4.85 Å². The van der Waals surface area contributed by atoms with E-state index in [-0.39, 0.29) is 28.9 Å². The van der Waals surface area contributed by atoms with Crippen molar-refractivity contribution in [2.45, 2.75) is 46.8 Å². The number of nitrogens with zero attached hydrogens (tertiary/aromatic N) is 2. The molecule has 1 aromatic carbocycles. The Hall–Kier alpha value is -2.58. The summed E-state index contributed by atoms with van der Waals surface area (Å²) in [6, 6.07) is 8.63. The molecule has 1 N–H and O–H groups in total. The molecule has 1 aliphatic rings. The lowest BCUT2D eigenvalue weighted by atomic mass is 9.49. The Bertz CT molecular complexity index is 929. The SMILES string of the molecule is [C-]#[N+]c1ccc(OC2C(C)(C)C(NC(=O)c3ccc(C)nc3)C2(C)C)cc1Cl. The summed E-state index contributed by atoms with van der Waals surface area (Å²) in [5.74, 6) is 0.484. The first-order valence-electron chi connectivity index (χ1n) is 9.14. The molecule has 0 saturated heterocycles. The van der Waals surface area contributed by atoms with Gasteiger partial charge < -0.3 is 10.1 Å². The molecule has 0 bridgehead atoms. The van der Waals surface area contributed by atoms with Crippen LogP contribution in [0.15, 0.2) is 36.5 Å². The van der Waals surface area contributed by atoms with Gasteiger partial charge in [0.15, 0.2) is 0 Å². The van der Waals surface area contributed by atoms with Crippen LogP contribution in [-0.2, 0) is 0 Å². The van der Waals surface area contributed by atoms with Gasteiger partial charge >= 0.3 is 0 Å². The highest BCUT2D eigenvalue weighted by molar-refractivity contribution is 6.33. The molecule has 1 aromatic heterocycles. The number of amides is 1. The van der Waals surface area contributed by atoms with Crippen LogP contribution in [0.3, 0.4) is 0 Å². The van der Waals surface area contributed by atoms with Crippen LogP contribution in [0.1, 0.15) is 43.7 Å². The molecule has 0 radical (unpaired) electrons. The van der Waals surface area contributed by atoms with Crippen LogP contribution in [0.5, 0.6) is 5.75 Å². The first-order valence-corrected chi connectivity index (χ1v) is 9.52. The largest absolute Gasteiger partial charge is 0.489 e. The van der Waals surface area contributed by atoms with Crippen LogP contribution >= 0.6 is 11.6 Å². The van der Waals surface area contributed by atoms with Crippen molar-refractivity contribution < 1.29 is 9.53 Å². The molecule has 1 aliphatic carbocycles. The zero-order valence-electron chi connectivity index (χ0n) is 16.7. The Labute approximate surface area is 170 Å². The van der Waals surface area contributed by atoms with Crippen molar-refractivity contribution in [3.63, 3.8) is 0 Å². The van der Waals surface area contributed by atoms with E-state index in [2.05, 4.69) is 42.8 Å². The molecule has 28 heavy (non-hydrogen) atoms. The number of halogens is 1. The number of ether oxygens (including phenoxy) is 1. The summed E-state index contributed by atoms with van der Waals surface area (Å²) in [4.78, 5) is 20.2.